The molecule has 0 radical (unpaired) electrons. The van der Waals surface area contributed by atoms with Crippen molar-refractivity contribution < 1.29 is 4.74 Å². The van der Waals surface area contributed by atoms with Gasteiger partial charge in [0.05, 0.1) is 6.61 Å². The van der Waals surface area contributed by atoms with E-state index in [9.17, 15) is 0 Å². The van der Waals surface area contributed by atoms with Crippen molar-refractivity contribution in [1.82, 2.24) is 20.1 Å². The monoisotopic (exact) mass is 305 g/mol. The van der Waals surface area contributed by atoms with Gasteiger partial charge in [-0.3, -0.25) is 9.88 Å². The van der Waals surface area contributed by atoms with Crippen LogP contribution in [0, 0.1) is 0 Å². The van der Waals surface area contributed by atoms with Gasteiger partial charge in [-0.2, -0.15) is 0 Å². The predicted octanol–water partition coefficient (Wildman–Crippen LogP) is 1.37. The largest absolute Gasteiger partial charge is 0.383 e. The molecule has 1 saturated heterocycles. The lowest BCUT2D eigenvalue weighted by molar-refractivity contribution is 0.144. The van der Waals surface area contributed by atoms with Gasteiger partial charge in [0.15, 0.2) is 5.01 Å². The number of aromatic nitrogens is 3. The normalized spacial score (nSPS) is 16.3. The standard InChI is InChI=1S/C14H19N5OS/c1-20-11-10-18-6-8-19(9-7-18)14-17-16-13(21-14)12-4-2-3-5-15-12/h2-5H,6-11H2,1H3. The maximum Gasteiger partial charge on any atom is 0.208 e. The Bertz CT molecular complexity index is 554. The number of pyridine rings is 1. The average Bonchev–Trinajstić information content (AvgIpc) is 3.04. The van der Waals surface area contributed by atoms with E-state index in [-0.39, 0.29) is 0 Å². The topological polar surface area (TPSA) is 54.4 Å². The summed E-state index contributed by atoms with van der Waals surface area (Å²) in [7, 11) is 1.75. The van der Waals surface area contributed by atoms with E-state index < -0.39 is 0 Å². The Labute approximate surface area is 128 Å². The molecule has 0 unspecified atom stereocenters. The second kappa shape index (κ2) is 6.93. The van der Waals surface area contributed by atoms with Crippen LogP contribution < -0.4 is 4.90 Å². The molecule has 0 atom stereocenters. The quantitative estimate of drug-likeness (QED) is 0.831. The van der Waals surface area contributed by atoms with Gasteiger partial charge >= 0.3 is 0 Å². The van der Waals surface area contributed by atoms with Crippen molar-refractivity contribution in [2.45, 2.75) is 0 Å². The van der Waals surface area contributed by atoms with Gasteiger partial charge in [-0.15, -0.1) is 10.2 Å². The fraction of sp³-hybridized carbons (Fsp3) is 0.500. The number of hydrogen-bond donors (Lipinski definition) is 0. The third-order valence-electron chi connectivity index (χ3n) is 3.55. The Balaban J connectivity index is 1.60. The number of ether oxygens (including phenoxy) is 1. The lowest BCUT2D eigenvalue weighted by atomic mass is 10.3. The Morgan fingerprint density at radius 3 is 2.76 bits per heavy atom. The summed E-state index contributed by atoms with van der Waals surface area (Å²) in [5, 5.41) is 10.4. The van der Waals surface area contributed by atoms with Crippen LogP contribution in [-0.4, -0.2) is 66.5 Å². The summed E-state index contributed by atoms with van der Waals surface area (Å²) in [6, 6.07) is 5.84. The Morgan fingerprint density at radius 1 is 1.19 bits per heavy atom. The van der Waals surface area contributed by atoms with Gasteiger partial charge in [0.1, 0.15) is 5.69 Å². The minimum Gasteiger partial charge on any atom is -0.383 e. The molecule has 3 heterocycles. The van der Waals surface area contributed by atoms with Gasteiger partial charge in [-0.1, -0.05) is 17.4 Å². The molecule has 3 rings (SSSR count). The van der Waals surface area contributed by atoms with Crippen molar-refractivity contribution in [1.29, 1.82) is 0 Å². The summed E-state index contributed by atoms with van der Waals surface area (Å²) < 4.78 is 5.13. The number of rotatable bonds is 5. The summed E-state index contributed by atoms with van der Waals surface area (Å²) in [6.45, 7) is 5.85. The SMILES string of the molecule is COCCN1CCN(c2nnc(-c3ccccn3)s2)CC1. The van der Waals surface area contributed by atoms with Gasteiger partial charge in [0.25, 0.3) is 0 Å². The molecule has 112 valence electrons. The molecule has 0 aliphatic carbocycles. The third kappa shape index (κ3) is 3.55. The molecule has 7 heteroatoms. The Hall–Kier alpha value is -1.57. The van der Waals surface area contributed by atoms with Crippen LogP contribution in [0.1, 0.15) is 0 Å². The van der Waals surface area contributed by atoms with Crippen LogP contribution in [0.5, 0.6) is 0 Å². The van der Waals surface area contributed by atoms with Crippen molar-refractivity contribution in [3.8, 4) is 10.7 Å². The highest BCUT2D eigenvalue weighted by molar-refractivity contribution is 7.18. The molecule has 1 aliphatic heterocycles. The van der Waals surface area contributed by atoms with Crippen LogP contribution in [0.4, 0.5) is 5.13 Å². The van der Waals surface area contributed by atoms with E-state index in [1.54, 1.807) is 24.6 Å². The van der Waals surface area contributed by atoms with Gasteiger partial charge in [-0.05, 0) is 12.1 Å². The molecule has 0 aromatic carbocycles. The first kappa shape index (κ1) is 14.4. The first-order chi connectivity index (χ1) is 10.4. The molecule has 0 bridgehead atoms. The Kier molecular flexibility index (Phi) is 4.74. The third-order valence-corrected chi connectivity index (χ3v) is 4.56. The maximum atomic E-state index is 5.13. The second-order valence-electron chi connectivity index (χ2n) is 4.93. The zero-order chi connectivity index (χ0) is 14.5. The molecule has 0 N–H and O–H groups in total. The fourth-order valence-corrected chi connectivity index (χ4v) is 3.19. The highest BCUT2D eigenvalue weighted by Gasteiger charge is 2.20. The van der Waals surface area contributed by atoms with E-state index >= 15 is 0 Å². The highest BCUT2D eigenvalue weighted by atomic mass is 32.1. The van der Waals surface area contributed by atoms with Crippen LogP contribution in [0.2, 0.25) is 0 Å². The lowest BCUT2D eigenvalue weighted by Crippen LogP contribution is -2.47. The first-order valence-corrected chi connectivity index (χ1v) is 7.89. The zero-order valence-electron chi connectivity index (χ0n) is 12.1. The van der Waals surface area contributed by atoms with Crippen LogP contribution in [0.25, 0.3) is 10.7 Å². The molecule has 2 aromatic rings. The van der Waals surface area contributed by atoms with E-state index in [4.69, 9.17) is 4.74 Å². The van der Waals surface area contributed by atoms with Crippen molar-refractivity contribution in [3.05, 3.63) is 24.4 Å². The molecule has 0 amide bonds. The number of nitrogens with zero attached hydrogens (tertiary/aromatic N) is 5. The van der Waals surface area contributed by atoms with E-state index in [1.807, 2.05) is 18.2 Å². The van der Waals surface area contributed by atoms with Gasteiger partial charge in [-0.25, -0.2) is 0 Å². The van der Waals surface area contributed by atoms with Crippen molar-refractivity contribution in [3.63, 3.8) is 0 Å². The summed E-state index contributed by atoms with van der Waals surface area (Å²) in [4.78, 5) is 9.04. The summed E-state index contributed by atoms with van der Waals surface area (Å²) in [5.74, 6) is 0. The molecule has 1 fully saturated rings. The molecular weight excluding hydrogens is 286 g/mol. The molecule has 1 aliphatic rings. The average molecular weight is 305 g/mol. The number of hydrogen-bond acceptors (Lipinski definition) is 7. The van der Waals surface area contributed by atoms with E-state index in [0.29, 0.717) is 0 Å². The highest BCUT2D eigenvalue weighted by Crippen LogP contribution is 2.27. The second-order valence-corrected chi connectivity index (χ2v) is 5.88. The molecule has 0 saturated carbocycles. The minimum atomic E-state index is 0.794. The summed E-state index contributed by atoms with van der Waals surface area (Å²) in [5.41, 5.74) is 0.889. The molecule has 0 spiro atoms. The van der Waals surface area contributed by atoms with Gasteiger partial charge < -0.3 is 9.64 Å². The van der Waals surface area contributed by atoms with Gasteiger partial charge in [0, 0.05) is 46.0 Å². The van der Waals surface area contributed by atoms with Crippen LogP contribution in [0.15, 0.2) is 24.4 Å². The van der Waals surface area contributed by atoms with Gasteiger partial charge in [0.2, 0.25) is 5.13 Å². The van der Waals surface area contributed by atoms with E-state index in [0.717, 1.165) is 55.2 Å². The first-order valence-electron chi connectivity index (χ1n) is 7.08. The fourth-order valence-electron chi connectivity index (χ4n) is 2.32. The Morgan fingerprint density at radius 2 is 2.05 bits per heavy atom. The smallest absolute Gasteiger partial charge is 0.208 e. The maximum absolute atomic E-state index is 5.13. The van der Waals surface area contributed by atoms with E-state index in [1.165, 1.54) is 0 Å². The summed E-state index contributed by atoms with van der Waals surface area (Å²) >= 11 is 1.61. The molecule has 6 nitrogen and oxygen atoms in total. The van der Waals surface area contributed by atoms with Crippen molar-refractivity contribution in [2.75, 3.05) is 51.3 Å². The van der Waals surface area contributed by atoms with Crippen molar-refractivity contribution in [2.24, 2.45) is 0 Å². The van der Waals surface area contributed by atoms with Crippen LogP contribution in [0.3, 0.4) is 0 Å². The summed E-state index contributed by atoms with van der Waals surface area (Å²) in [6.07, 6.45) is 1.78. The van der Waals surface area contributed by atoms with Crippen LogP contribution in [-0.2, 0) is 4.74 Å². The number of anilines is 1. The molecule has 2 aromatic heterocycles. The number of methoxy groups -OCH3 is 1. The lowest BCUT2D eigenvalue weighted by Gasteiger charge is -2.34. The minimum absolute atomic E-state index is 0.794. The predicted molar refractivity (Wildman–Crippen MR) is 83.7 cm³/mol. The molecule has 21 heavy (non-hydrogen) atoms. The van der Waals surface area contributed by atoms with E-state index in [2.05, 4.69) is 25.0 Å². The van der Waals surface area contributed by atoms with Crippen LogP contribution >= 0.6 is 11.3 Å². The zero-order valence-corrected chi connectivity index (χ0v) is 12.9. The number of piperazine rings is 1. The van der Waals surface area contributed by atoms with Crippen molar-refractivity contribution >= 4 is 16.5 Å². The molecular formula is C14H19N5OS.